The third-order valence-electron chi connectivity index (χ3n) is 3.34. The van der Waals surface area contributed by atoms with Crippen molar-refractivity contribution in [3.05, 3.63) is 35.9 Å². The second-order valence-electron chi connectivity index (χ2n) is 4.90. The highest BCUT2D eigenvalue weighted by atomic mass is 16.6. The van der Waals surface area contributed by atoms with Gasteiger partial charge in [-0.25, -0.2) is 19.8 Å². The van der Waals surface area contributed by atoms with Gasteiger partial charge in [-0.05, 0) is 13.8 Å². The first-order chi connectivity index (χ1) is 11.8. The minimum absolute atomic E-state index is 0.0380. The number of methoxy groups -OCH3 is 2. The molecule has 0 heterocycles. The minimum Gasteiger partial charge on any atom is -0.464 e. The first-order valence-electron chi connectivity index (χ1n) is 7.32. The fourth-order valence-corrected chi connectivity index (χ4v) is 2.00. The van der Waals surface area contributed by atoms with Gasteiger partial charge >= 0.3 is 18.2 Å². The summed E-state index contributed by atoms with van der Waals surface area (Å²) < 4.78 is 13.9. The van der Waals surface area contributed by atoms with Crippen LogP contribution in [-0.4, -0.2) is 55.3 Å². The average molecular weight is 352 g/mol. The SMILES string of the molecule is CCOC(=O)[C@](C)(C(=O)c1ccccc1)N(NC(=O)OC)C(=O)OC. The van der Waals surface area contributed by atoms with E-state index in [0.717, 1.165) is 21.1 Å². The molecule has 0 aliphatic heterocycles. The number of carbonyl (C=O) groups is 4. The topological polar surface area (TPSA) is 111 Å². The van der Waals surface area contributed by atoms with Gasteiger partial charge in [-0.15, -0.1) is 0 Å². The molecule has 0 aliphatic rings. The molecule has 1 atom stereocenters. The second kappa shape index (κ2) is 8.67. The lowest BCUT2D eigenvalue weighted by atomic mass is 9.90. The van der Waals surface area contributed by atoms with Crippen molar-refractivity contribution in [2.75, 3.05) is 20.8 Å². The Morgan fingerprint density at radius 2 is 1.68 bits per heavy atom. The lowest BCUT2D eigenvalue weighted by Crippen LogP contribution is -2.66. The van der Waals surface area contributed by atoms with Crippen LogP contribution in [0.3, 0.4) is 0 Å². The maximum absolute atomic E-state index is 13.0. The van der Waals surface area contributed by atoms with E-state index < -0.39 is 29.5 Å². The Labute approximate surface area is 144 Å². The number of benzene rings is 1. The van der Waals surface area contributed by atoms with Crippen LogP contribution in [0.2, 0.25) is 0 Å². The lowest BCUT2D eigenvalue weighted by Gasteiger charge is -2.35. The first kappa shape index (κ1) is 19.9. The smallest absolute Gasteiger partial charge is 0.430 e. The fourth-order valence-electron chi connectivity index (χ4n) is 2.00. The maximum Gasteiger partial charge on any atom is 0.430 e. The highest BCUT2D eigenvalue weighted by molar-refractivity contribution is 6.17. The average Bonchev–Trinajstić information content (AvgIpc) is 2.64. The van der Waals surface area contributed by atoms with Crippen LogP contribution in [0.1, 0.15) is 24.2 Å². The Morgan fingerprint density at radius 3 is 2.16 bits per heavy atom. The van der Waals surface area contributed by atoms with Crippen molar-refractivity contribution < 1.29 is 33.4 Å². The van der Waals surface area contributed by atoms with E-state index >= 15 is 0 Å². The second-order valence-corrected chi connectivity index (χ2v) is 4.90. The van der Waals surface area contributed by atoms with Crippen molar-refractivity contribution in [2.45, 2.75) is 19.4 Å². The van der Waals surface area contributed by atoms with E-state index in [4.69, 9.17) is 4.74 Å². The van der Waals surface area contributed by atoms with E-state index in [1.165, 1.54) is 12.1 Å². The van der Waals surface area contributed by atoms with Crippen molar-refractivity contribution >= 4 is 23.9 Å². The summed E-state index contributed by atoms with van der Waals surface area (Å²) in [6.07, 6.45) is -2.22. The summed E-state index contributed by atoms with van der Waals surface area (Å²) in [5.74, 6) is -1.81. The molecule has 0 aromatic heterocycles. The van der Waals surface area contributed by atoms with Crippen LogP contribution >= 0.6 is 0 Å². The summed E-state index contributed by atoms with van der Waals surface area (Å²) in [6.45, 7) is 2.65. The number of rotatable bonds is 5. The molecule has 25 heavy (non-hydrogen) atoms. The van der Waals surface area contributed by atoms with Crippen molar-refractivity contribution in [3.63, 3.8) is 0 Å². The van der Waals surface area contributed by atoms with Crippen LogP contribution in [-0.2, 0) is 19.0 Å². The zero-order chi connectivity index (χ0) is 19.0. The molecule has 0 spiro atoms. The molecule has 136 valence electrons. The van der Waals surface area contributed by atoms with Gasteiger partial charge in [0.2, 0.25) is 11.3 Å². The summed E-state index contributed by atoms with van der Waals surface area (Å²) in [7, 11) is 2.10. The number of ketones is 1. The molecule has 0 unspecified atom stereocenters. The van der Waals surface area contributed by atoms with Gasteiger partial charge in [0.25, 0.3) is 0 Å². The van der Waals surface area contributed by atoms with Crippen LogP contribution in [0.15, 0.2) is 30.3 Å². The Morgan fingerprint density at radius 1 is 1.08 bits per heavy atom. The van der Waals surface area contributed by atoms with Gasteiger partial charge in [-0.2, -0.15) is 5.01 Å². The normalized spacial score (nSPS) is 12.3. The van der Waals surface area contributed by atoms with Crippen LogP contribution in [0.25, 0.3) is 0 Å². The van der Waals surface area contributed by atoms with E-state index in [0.29, 0.717) is 5.01 Å². The van der Waals surface area contributed by atoms with Gasteiger partial charge < -0.3 is 14.2 Å². The summed E-state index contributed by atoms with van der Waals surface area (Å²) >= 11 is 0. The highest BCUT2D eigenvalue weighted by Crippen LogP contribution is 2.23. The number of esters is 1. The number of amides is 2. The molecule has 9 heteroatoms. The highest BCUT2D eigenvalue weighted by Gasteiger charge is 2.52. The van der Waals surface area contributed by atoms with Crippen molar-refractivity contribution in [1.82, 2.24) is 10.4 Å². The van der Waals surface area contributed by atoms with Crippen molar-refractivity contribution in [3.8, 4) is 0 Å². The number of hydrazine groups is 1. The monoisotopic (exact) mass is 352 g/mol. The van der Waals surface area contributed by atoms with Gasteiger partial charge in [0.1, 0.15) is 0 Å². The zero-order valence-corrected chi connectivity index (χ0v) is 14.4. The summed E-state index contributed by atoms with van der Waals surface area (Å²) in [5.41, 5.74) is -0.0481. The third-order valence-corrected chi connectivity index (χ3v) is 3.34. The molecule has 1 N–H and O–H groups in total. The van der Waals surface area contributed by atoms with E-state index in [1.54, 1.807) is 25.1 Å². The molecule has 0 aliphatic carbocycles. The Hall–Kier alpha value is -3.10. The molecule has 9 nitrogen and oxygen atoms in total. The molecular weight excluding hydrogens is 332 g/mol. The third kappa shape index (κ3) is 4.25. The van der Waals surface area contributed by atoms with Crippen LogP contribution in [0.5, 0.6) is 0 Å². The minimum atomic E-state index is -2.21. The van der Waals surface area contributed by atoms with E-state index in [1.807, 2.05) is 5.43 Å². The molecular formula is C16H20N2O7. The number of nitrogens with zero attached hydrogens (tertiary/aromatic N) is 1. The van der Waals surface area contributed by atoms with Gasteiger partial charge in [-0.3, -0.25) is 4.79 Å². The number of hydrogen-bond donors (Lipinski definition) is 1. The molecule has 0 bridgehead atoms. The molecule has 0 saturated carbocycles. The number of Topliss-reactive ketones (excluding diaryl/α,β-unsaturated/α-hetero) is 1. The van der Waals surface area contributed by atoms with Crippen LogP contribution in [0.4, 0.5) is 9.59 Å². The quantitative estimate of drug-likeness (QED) is 0.281. The molecule has 0 fully saturated rings. The van der Waals surface area contributed by atoms with Gasteiger partial charge in [-0.1, -0.05) is 30.3 Å². The number of nitrogens with one attached hydrogen (secondary N) is 1. The standard InChI is InChI=1S/C16H20N2O7/c1-5-25-13(20)16(2,12(19)11-9-7-6-8-10-11)18(15(22)24-4)17-14(21)23-3/h6-10H,5H2,1-4H3,(H,17,21)/t16-/m0/s1. The number of ether oxygens (including phenoxy) is 3. The molecule has 2 amide bonds. The molecule has 1 rings (SSSR count). The molecule has 0 saturated heterocycles. The van der Waals surface area contributed by atoms with Crippen molar-refractivity contribution in [2.24, 2.45) is 0 Å². The largest absolute Gasteiger partial charge is 0.464 e. The predicted molar refractivity (Wildman–Crippen MR) is 85.6 cm³/mol. The zero-order valence-electron chi connectivity index (χ0n) is 14.4. The molecule has 1 aromatic rings. The Balaban J connectivity index is 3.45. The molecule has 1 aromatic carbocycles. The predicted octanol–water partition coefficient (Wildman–Crippen LogP) is 1.53. The van der Waals surface area contributed by atoms with Crippen LogP contribution in [0, 0.1) is 0 Å². The van der Waals surface area contributed by atoms with E-state index in [-0.39, 0.29) is 12.2 Å². The Bertz CT molecular complexity index is 647. The summed E-state index contributed by atoms with van der Waals surface area (Å²) in [5, 5.41) is 0.451. The number of carbonyl (C=O) groups excluding carboxylic acids is 4. The van der Waals surface area contributed by atoms with Crippen molar-refractivity contribution in [1.29, 1.82) is 0 Å². The van der Waals surface area contributed by atoms with E-state index in [2.05, 4.69) is 9.47 Å². The Kier molecular flexibility index (Phi) is 6.92. The van der Waals surface area contributed by atoms with Crippen LogP contribution < -0.4 is 5.43 Å². The summed E-state index contributed by atoms with van der Waals surface area (Å²) in [6, 6.07) is 7.80. The van der Waals surface area contributed by atoms with Gasteiger partial charge in [0, 0.05) is 5.56 Å². The fraction of sp³-hybridized carbons (Fsp3) is 0.375. The summed E-state index contributed by atoms with van der Waals surface area (Å²) in [4.78, 5) is 49.2. The lowest BCUT2D eigenvalue weighted by molar-refractivity contribution is -0.153. The van der Waals surface area contributed by atoms with E-state index in [9.17, 15) is 19.2 Å². The van der Waals surface area contributed by atoms with Gasteiger partial charge in [0.15, 0.2) is 0 Å². The maximum atomic E-state index is 13.0. The number of hydrogen-bond acceptors (Lipinski definition) is 7. The molecule has 0 radical (unpaired) electrons. The first-order valence-corrected chi connectivity index (χ1v) is 7.32. The van der Waals surface area contributed by atoms with Gasteiger partial charge in [0.05, 0.1) is 20.8 Å².